The number of hydrogen-bond acceptors (Lipinski definition) is 5. The van der Waals surface area contributed by atoms with E-state index in [-0.39, 0.29) is 0 Å². The molecule has 0 bridgehead atoms. The van der Waals surface area contributed by atoms with Crippen LogP contribution < -0.4 is 16.6 Å². The SMILES string of the molecule is Cc1cnc(NN)nc1Nc1ccccc1I. The number of hydrazine groups is 1. The summed E-state index contributed by atoms with van der Waals surface area (Å²) in [6.07, 6.45) is 1.72. The van der Waals surface area contributed by atoms with Crippen molar-refractivity contribution in [2.24, 2.45) is 5.84 Å². The maximum Gasteiger partial charge on any atom is 0.239 e. The number of hydrogen-bond donors (Lipinski definition) is 3. The predicted octanol–water partition coefficient (Wildman–Crippen LogP) is 2.42. The second-order valence-corrected chi connectivity index (χ2v) is 4.64. The number of nitrogens with two attached hydrogens (primary N) is 1. The van der Waals surface area contributed by atoms with E-state index in [1.807, 2.05) is 31.2 Å². The zero-order valence-corrected chi connectivity index (χ0v) is 11.4. The van der Waals surface area contributed by atoms with Crippen molar-refractivity contribution < 1.29 is 0 Å². The van der Waals surface area contributed by atoms with Crippen molar-refractivity contribution in [3.63, 3.8) is 0 Å². The molecule has 0 aliphatic heterocycles. The summed E-state index contributed by atoms with van der Waals surface area (Å²) in [7, 11) is 0. The maximum absolute atomic E-state index is 5.29. The first-order valence-electron chi connectivity index (χ1n) is 5.02. The molecule has 1 aromatic heterocycles. The number of nitrogen functional groups attached to an aromatic ring is 1. The van der Waals surface area contributed by atoms with Gasteiger partial charge in [-0.3, -0.25) is 5.43 Å². The van der Waals surface area contributed by atoms with E-state index in [1.54, 1.807) is 6.20 Å². The van der Waals surface area contributed by atoms with Crippen molar-refractivity contribution in [2.75, 3.05) is 10.7 Å². The van der Waals surface area contributed by atoms with E-state index in [1.165, 1.54) is 0 Å². The van der Waals surface area contributed by atoms with E-state index < -0.39 is 0 Å². The van der Waals surface area contributed by atoms with Crippen molar-refractivity contribution >= 4 is 40.0 Å². The quantitative estimate of drug-likeness (QED) is 0.454. The first-order valence-corrected chi connectivity index (χ1v) is 6.10. The van der Waals surface area contributed by atoms with Gasteiger partial charge >= 0.3 is 0 Å². The molecule has 0 saturated heterocycles. The number of nitrogens with one attached hydrogen (secondary N) is 2. The summed E-state index contributed by atoms with van der Waals surface area (Å²) in [5.74, 6) is 6.43. The molecular weight excluding hydrogens is 329 g/mol. The van der Waals surface area contributed by atoms with Crippen molar-refractivity contribution in [2.45, 2.75) is 6.92 Å². The summed E-state index contributed by atoms with van der Waals surface area (Å²) < 4.78 is 1.13. The average molecular weight is 341 g/mol. The largest absolute Gasteiger partial charge is 0.339 e. The number of rotatable bonds is 3. The fourth-order valence-electron chi connectivity index (χ4n) is 1.33. The van der Waals surface area contributed by atoms with Gasteiger partial charge in [-0.05, 0) is 41.6 Å². The van der Waals surface area contributed by atoms with Crippen LogP contribution in [0.4, 0.5) is 17.5 Å². The van der Waals surface area contributed by atoms with Gasteiger partial charge in [0.1, 0.15) is 5.82 Å². The normalized spacial score (nSPS) is 10.1. The molecule has 0 spiro atoms. The van der Waals surface area contributed by atoms with Crippen molar-refractivity contribution in [3.8, 4) is 0 Å². The molecule has 1 aromatic carbocycles. The molecule has 5 nitrogen and oxygen atoms in total. The van der Waals surface area contributed by atoms with Crippen molar-refractivity contribution in [3.05, 3.63) is 39.6 Å². The number of aryl methyl sites for hydroxylation is 1. The lowest BCUT2D eigenvalue weighted by molar-refractivity contribution is 1.09. The molecule has 0 radical (unpaired) electrons. The molecule has 1 heterocycles. The third-order valence-electron chi connectivity index (χ3n) is 2.23. The van der Waals surface area contributed by atoms with Crippen LogP contribution in [0.1, 0.15) is 5.56 Å². The monoisotopic (exact) mass is 341 g/mol. The Morgan fingerprint density at radius 2 is 2.06 bits per heavy atom. The molecule has 0 saturated carbocycles. The average Bonchev–Trinajstić information content (AvgIpc) is 2.35. The molecule has 88 valence electrons. The highest BCUT2D eigenvalue weighted by atomic mass is 127. The number of anilines is 3. The highest BCUT2D eigenvalue weighted by molar-refractivity contribution is 14.1. The van der Waals surface area contributed by atoms with E-state index in [0.29, 0.717) is 5.95 Å². The van der Waals surface area contributed by atoms with E-state index in [4.69, 9.17) is 5.84 Å². The van der Waals surface area contributed by atoms with E-state index >= 15 is 0 Å². The Kier molecular flexibility index (Phi) is 3.75. The van der Waals surface area contributed by atoms with E-state index in [2.05, 4.69) is 43.3 Å². The molecule has 0 aliphatic rings. The smallest absolute Gasteiger partial charge is 0.239 e. The predicted molar refractivity (Wildman–Crippen MR) is 77.0 cm³/mol. The van der Waals surface area contributed by atoms with Crippen LogP contribution in [-0.2, 0) is 0 Å². The third kappa shape index (κ3) is 2.83. The number of aromatic nitrogens is 2. The molecule has 4 N–H and O–H groups in total. The minimum atomic E-state index is 0.393. The second kappa shape index (κ2) is 5.28. The van der Waals surface area contributed by atoms with Crippen LogP contribution in [0.5, 0.6) is 0 Å². The van der Waals surface area contributed by atoms with Gasteiger partial charge in [-0.2, -0.15) is 4.98 Å². The van der Waals surface area contributed by atoms with Gasteiger partial charge in [-0.25, -0.2) is 10.8 Å². The number of benzene rings is 1. The third-order valence-corrected chi connectivity index (χ3v) is 3.17. The van der Waals surface area contributed by atoms with Gasteiger partial charge in [0.15, 0.2) is 0 Å². The van der Waals surface area contributed by atoms with Crippen LogP contribution >= 0.6 is 22.6 Å². The van der Waals surface area contributed by atoms with Gasteiger partial charge in [-0.1, -0.05) is 12.1 Å². The fourth-order valence-corrected chi connectivity index (χ4v) is 1.85. The first-order chi connectivity index (χ1) is 8.20. The molecular formula is C11H12IN5. The highest BCUT2D eigenvalue weighted by Crippen LogP contribution is 2.23. The van der Waals surface area contributed by atoms with Crippen LogP contribution in [0, 0.1) is 10.5 Å². The number of nitrogens with zero attached hydrogens (tertiary/aromatic N) is 2. The second-order valence-electron chi connectivity index (χ2n) is 3.47. The molecule has 2 aromatic rings. The van der Waals surface area contributed by atoms with Crippen molar-refractivity contribution in [1.82, 2.24) is 9.97 Å². The summed E-state index contributed by atoms with van der Waals surface area (Å²) in [6, 6.07) is 8.00. The molecule has 0 amide bonds. The molecule has 0 aliphatic carbocycles. The van der Waals surface area contributed by atoms with Gasteiger partial charge in [0.05, 0.1) is 5.69 Å². The zero-order valence-electron chi connectivity index (χ0n) is 9.24. The van der Waals surface area contributed by atoms with Crippen LogP contribution in [0.15, 0.2) is 30.5 Å². The van der Waals surface area contributed by atoms with Gasteiger partial charge < -0.3 is 5.32 Å². The lowest BCUT2D eigenvalue weighted by Crippen LogP contribution is -2.11. The molecule has 6 heteroatoms. The Balaban J connectivity index is 2.32. The summed E-state index contributed by atoms with van der Waals surface area (Å²) in [6.45, 7) is 1.94. The highest BCUT2D eigenvalue weighted by Gasteiger charge is 2.05. The molecule has 0 unspecified atom stereocenters. The Morgan fingerprint density at radius 1 is 1.29 bits per heavy atom. The Hall–Kier alpha value is -1.41. The minimum Gasteiger partial charge on any atom is -0.339 e. The van der Waals surface area contributed by atoms with Crippen molar-refractivity contribution in [1.29, 1.82) is 0 Å². The number of halogens is 1. The summed E-state index contributed by atoms with van der Waals surface area (Å²) in [5, 5.41) is 3.26. The topological polar surface area (TPSA) is 75.9 Å². The summed E-state index contributed by atoms with van der Waals surface area (Å²) >= 11 is 2.27. The van der Waals surface area contributed by atoms with Crippen LogP contribution in [0.3, 0.4) is 0 Å². The first kappa shape index (κ1) is 12.1. The van der Waals surface area contributed by atoms with Gasteiger partial charge in [0.25, 0.3) is 0 Å². The van der Waals surface area contributed by atoms with Crippen LogP contribution in [0.25, 0.3) is 0 Å². The zero-order chi connectivity index (χ0) is 12.3. The molecule has 17 heavy (non-hydrogen) atoms. The standard InChI is InChI=1S/C11H12IN5/c1-7-6-14-11(17-13)16-10(7)15-9-5-3-2-4-8(9)12/h2-6H,13H2,1H3,(H2,14,15,16,17). The lowest BCUT2D eigenvalue weighted by Gasteiger charge is -2.10. The lowest BCUT2D eigenvalue weighted by atomic mass is 10.3. The Morgan fingerprint density at radius 3 is 2.76 bits per heavy atom. The Bertz CT molecular complexity index is 529. The minimum absolute atomic E-state index is 0.393. The van der Waals surface area contributed by atoms with Crippen LogP contribution in [0.2, 0.25) is 0 Å². The Labute approximate surface area is 113 Å². The fraction of sp³-hybridized carbons (Fsp3) is 0.0909. The number of para-hydroxylation sites is 1. The van der Waals surface area contributed by atoms with Gasteiger partial charge in [0.2, 0.25) is 5.95 Å². The molecule has 0 atom stereocenters. The van der Waals surface area contributed by atoms with E-state index in [9.17, 15) is 0 Å². The van der Waals surface area contributed by atoms with Crippen LogP contribution in [-0.4, -0.2) is 9.97 Å². The molecule has 2 rings (SSSR count). The summed E-state index contributed by atoms with van der Waals surface area (Å²) in [5.41, 5.74) is 4.40. The maximum atomic E-state index is 5.29. The van der Waals surface area contributed by atoms with Gasteiger partial charge in [0, 0.05) is 15.3 Å². The van der Waals surface area contributed by atoms with Gasteiger partial charge in [-0.15, -0.1) is 0 Å². The van der Waals surface area contributed by atoms with E-state index in [0.717, 1.165) is 20.6 Å². The molecule has 0 fully saturated rings. The summed E-state index contributed by atoms with van der Waals surface area (Å²) in [4.78, 5) is 8.30.